The fourth-order valence-electron chi connectivity index (χ4n) is 2.02. The van der Waals surface area contributed by atoms with E-state index in [0.29, 0.717) is 6.54 Å². The minimum Gasteiger partial charge on any atom is -0.496 e. The van der Waals surface area contributed by atoms with Crippen molar-refractivity contribution in [3.05, 3.63) is 29.3 Å². The van der Waals surface area contributed by atoms with Crippen molar-refractivity contribution in [2.24, 2.45) is 5.73 Å². The second kappa shape index (κ2) is 9.38. The summed E-state index contributed by atoms with van der Waals surface area (Å²) in [6, 6.07) is 5.92. The van der Waals surface area contributed by atoms with Crippen molar-refractivity contribution >= 4 is 0 Å². The molecule has 0 spiro atoms. The maximum Gasteiger partial charge on any atom is 0.123 e. The first-order chi connectivity index (χ1) is 9.74. The maximum absolute atomic E-state index is 8.94. The van der Waals surface area contributed by atoms with Crippen molar-refractivity contribution < 1.29 is 9.84 Å². The third-order valence-corrected chi connectivity index (χ3v) is 3.09. The van der Waals surface area contributed by atoms with E-state index in [1.165, 1.54) is 0 Å². The van der Waals surface area contributed by atoms with Crippen LogP contribution in [-0.2, 0) is 6.54 Å². The zero-order valence-electron chi connectivity index (χ0n) is 12.4. The quantitative estimate of drug-likeness (QED) is 0.735. The van der Waals surface area contributed by atoms with Gasteiger partial charge in [0.05, 0.1) is 13.7 Å². The van der Waals surface area contributed by atoms with Crippen LogP contribution in [0.15, 0.2) is 18.2 Å². The Morgan fingerprint density at radius 3 is 2.80 bits per heavy atom. The normalized spacial score (nSPS) is 10.2. The van der Waals surface area contributed by atoms with Gasteiger partial charge in [0.2, 0.25) is 0 Å². The van der Waals surface area contributed by atoms with Crippen LogP contribution in [0.2, 0.25) is 0 Å². The van der Waals surface area contributed by atoms with E-state index in [1.54, 1.807) is 7.11 Å². The zero-order valence-corrected chi connectivity index (χ0v) is 12.4. The average Bonchev–Trinajstić information content (AvgIpc) is 2.49. The first-order valence-electron chi connectivity index (χ1n) is 6.94. The summed E-state index contributed by atoms with van der Waals surface area (Å²) in [4.78, 5) is 2.27. The fourth-order valence-corrected chi connectivity index (χ4v) is 2.02. The molecular formula is C16H24N2O2. The summed E-state index contributed by atoms with van der Waals surface area (Å²) >= 11 is 0. The topological polar surface area (TPSA) is 58.7 Å². The number of rotatable bonds is 7. The molecule has 1 aromatic carbocycles. The number of hydrogen-bond acceptors (Lipinski definition) is 4. The van der Waals surface area contributed by atoms with E-state index in [-0.39, 0.29) is 6.61 Å². The van der Waals surface area contributed by atoms with Gasteiger partial charge in [-0.2, -0.15) is 0 Å². The standard InChI is InChI=1S/C16H24N2O2/c1-3-18(10-5-11-19)13-15-12-14(6-4-9-17)7-8-16(15)20-2/h7-8,12,19H,3,5,9-11,13,17H2,1-2H3. The number of benzene rings is 1. The van der Waals surface area contributed by atoms with Crippen LogP contribution in [0.4, 0.5) is 0 Å². The molecule has 0 aliphatic carbocycles. The molecule has 1 aromatic rings. The number of aliphatic hydroxyl groups excluding tert-OH is 1. The Morgan fingerprint density at radius 2 is 2.20 bits per heavy atom. The van der Waals surface area contributed by atoms with Crippen molar-refractivity contribution in [3.63, 3.8) is 0 Å². The first-order valence-corrected chi connectivity index (χ1v) is 6.94. The second-order valence-corrected chi connectivity index (χ2v) is 4.48. The highest BCUT2D eigenvalue weighted by molar-refractivity contribution is 5.44. The van der Waals surface area contributed by atoms with Gasteiger partial charge in [-0.05, 0) is 31.2 Å². The molecule has 3 N–H and O–H groups in total. The molecule has 0 unspecified atom stereocenters. The highest BCUT2D eigenvalue weighted by Crippen LogP contribution is 2.21. The van der Waals surface area contributed by atoms with Crippen LogP contribution >= 0.6 is 0 Å². The molecule has 0 aliphatic rings. The lowest BCUT2D eigenvalue weighted by Crippen LogP contribution is -2.25. The smallest absolute Gasteiger partial charge is 0.123 e. The maximum atomic E-state index is 8.94. The van der Waals surface area contributed by atoms with Crippen LogP contribution in [-0.4, -0.2) is 43.4 Å². The van der Waals surface area contributed by atoms with E-state index in [2.05, 4.69) is 23.7 Å². The molecule has 1 rings (SSSR count). The average molecular weight is 276 g/mol. The molecule has 0 aliphatic heterocycles. The number of methoxy groups -OCH3 is 1. The van der Waals surface area contributed by atoms with Gasteiger partial charge in [-0.15, -0.1) is 0 Å². The molecule has 0 fully saturated rings. The molecule has 4 nitrogen and oxygen atoms in total. The van der Waals surface area contributed by atoms with Gasteiger partial charge in [-0.1, -0.05) is 18.8 Å². The van der Waals surface area contributed by atoms with Gasteiger partial charge in [0.1, 0.15) is 5.75 Å². The lowest BCUT2D eigenvalue weighted by Gasteiger charge is -2.21. The van der Waals surface area contributed by atoms with Crippen LogP contribution in [0.25, 0.3) is 0 Å². The van der Waals surface area contributed by atoms with Gasteiger partial charge in [-0.3, -0.25) is 4.90 Å². The molecule has 20 heavy (non-hydrogen) atoms. The zero-order chi connectivity index (χ0) is 14.8. The van der Waals surface area contributed by atoms with E-state index >= 15 is 0 Å². The first kappa shape index (κ1) is 16.5. The van der Waals surface area contributed by atoms with Gasteiger partial charge in [-0.25, -0.2) is 0 Å². The van der Waals surface area contributed by atoms with E-state index in [0.717, 1.165) is 42.9 Å². The number of aliphatic hydroxyl groups is 1. The number of nitrogens with zero attached hydrogens (tertiary/aromatic N) is 1. The van der Waals surface area contributed by atoms with Gasteiger partial charge in [0.25, 0.3) is 0 Å². The summed E-state index contributed by atoms with van der Waals surface area (Å²) in [6.45, 7) is 5.28. The highest BCUT2D eigenvalue weighted by atomic mass is 16.5. The van der Waals surface area contributed by atoms with Crippen molar-refractivity contribution in [2.45, 2.75) is 19.9 Å². The summed E-state index contributed by atoms with van der Waals surface area (Å²) < 4.78 is 5.41. The van der Waals surface area contributed by atoms with Gasteiger partial charge >= 0.3 is 0 Å². The minimum atomic E-state index is 0.218. The summed E-state index contributed by atoms with van der Waals surface area (Å²) in [5.41, 5.74) is 7.45. The Morgan fingerprint density at radius 1 is 1.40 bits per heavy atom. The molecule has 110 valence electrons. The predicted octanol–water partition coefficient (Wildman–Crippen LogP) is 1.21. The van der Waals surface area contributed by atoms with Crippen LogP contribution in [0, 0.1) is 11.8 Å². The van der Waals surface area contributed by atoms with Gasteiger partial charge < -0.3 is 15.6 Å². The molecule has 4 heteroatoms. The monoisotopic (exact) mass is 276 g/mol. The number of hydrogen-bond donors (Lipinski definition) is 2. The fraction of sp³-hybridized carbons (Fsp3) is 0.500. The molecule has 0 bridgehead atoms. The molecule has 0 saturated heterocycles. The lowest BCUT2D eigenvalue weighted by atomic mass is 10.1. The predicted molar refractivity (Wildman–Crippen MR) is 81.6 cm³/mol. The third kappa shape index (κ3) is 5.22. The highest BCUT2D eigenvalue weighted by Gasteiger charge is 2.09. The van der Waals surface area contributed by atoms with Gasteiger partial charge in [0, 0.05) is 30.8 Å². The van der Waals surface area contributed by atoms with Crippen LogP contribution in [0.1, 0.15) is 24.5 Å². The Bertz CT molecular complexity index is 463. The summed E-state index contributed by atoms with van der Waals surface area (Å²) in [5, 5.41) is 8.94. The molecule has 0 radical (unpaired) electrons. The summed E-state index contributed by atoms with van der Waals surface area (Å²) in [5.74, 6) is 6.77. The SMILES string of the molecule is CCN(CCCO)Cc1cc(C#CCN)ccc1OC. The number of nitrogens with two attached hydrogens (primary N) is 1. The molecule has 0 saturated carbocycles. The lowest BCUT2D eigenvalue weighted by molar-refractivity contribution is 0.223. The van der Waals surface area contributed by atoms with E-state index in [4.69, 9.17) is 15.6 Å². The Kier molecular flexibility index (Phi) is 7.74. The van der Waals surface area contributed by atoms with Crippen LogP contribution < -0.4 is 10.5 Å². The summed E-state index contributed by atoms with van der Waals surface area (Å²) in [6.07, 6.45) is 0.781. The minimum absolute atomic E-state index is 0.218. The Hall–Kier alpha value is -1.54. The summed E-state index contributed by atoms with van der Waals surface area (Å²) in [7, 11) is 1.67. The molecule has 0 heterocycles. The molecule has 0 atom stereocenters. The Labute approximate surface area is 121 Å². The van der Waals surface area contributed by atoms with Crippen molar-refractivity contribution in [1.29, 1.82) is 0 Å². The second-order valence-electron chi connectivity index (χ2n) is 4.48. The van der Waals surface area contributed by atoms with Crippen molar-refractivity contribution in [1.82, 2.24) is 4.90 Å². The molecule has 0 aromatic heterocycles. The van der Waals surface area contributed by atoms with E-state index < -0.39 is 0 Å². The van der Waals surface area contributed by atoms with Crippen molar-refractivity contribution in [3.8, 4) is 17.6 Å². The third-order valence-electron chi connectivity index (χ3n) is 3.09. The van der Waals surface area contributed by atoms with E-state index in [9.17, 15) is 0 Å². The number of ether oxygens (including phenoxy) is 1. The van der Waals surface area contributed by atoms with E-state index in [1.807, 2.05) is 18.2 Å². The Balaban J connectivity index is 2.89. The largest absolute Gasteiger partial charge is 0.496 e. The van der Waals surface area contributed by atoms with Crippen molar-refractivity contribution in [2.75, 3.05) is 33.4 Å². The van der Waals surface area contributed by atoms with Crippen LogP contribution in [0.3, 0.4) is 0 Å². The molecular weight excluding hydrogens is 252 g/mol. The van der Waals surface area contributed by atoms with Gasteiger partial charge in [0.15, 0.2) is 0 Å². The van der Waals surface area contributed by atoms with Crippen LogP contribution in [0.5, 0.6) is 5.75 Å². The molecule has 0 amide bonds.